The molecule has 0 radical (unpaired) electrons. The van der Waals surface area contributed by atoms with Crippen LogP contribution in [-0.2, 0) is 0 Å². The first-order chi connectivity index (χ1) is 36.4. The summed E-state index contributed by atoms with van der Waals surface area (Å²) in [6.07, 6.45) is 0. The van der Waals surface area contributed by atoms with E-state index in [1.165, 1.54) is 0 Å². The molecule has 0 atom stereocenters. The van der Waals surface area contributed by atoms with Crippen LogP contribution in [0.1, 0.15) is 5.48 Å². The van der Waals surface area contributed by atoms with Crippen LogP contribution in [0.15, 0.2) is 243 Å². The van der Waals surface area contributed by atoms with Gasteiger partial charge in [0.25, 0.3) is 0 Å². The molecular formula is C64H40N6. The molecule has 5 aromatic heterocycles. The standard InChI is InChI=1S/C64H40N6/c1-2-20-41(21-3-1)67-58-37-17-10-28-50(58)62-48(29-18-38-59(62)67)49-30-19-39-60(68-52-31-11-4-22-42(52)43-23-5-12-32-53(43)68)63(49)51-40-61(69-54-33-13-6-24-44(54)45-25-7-14-34-55(45)69)66-64(65-51)70-56-35-15-8-26-46(56)47-27-9-16-36-57(47)70/h1-40H/i8D,15D,26D,35D. The molecule has 326 valence electrons. The molecule has 0 saturated heterocycles. The second-order valence-corrected chi connectivity index (χ2v) is 17.8. The first-order valence-electron chi connectivity index (χ1n) is 25.5. The van der Waals surface area contributed by atoms with E-state index in [0.29, 0.717) is 33.3 Å². The van der Waals surface area contributed by atoms with Crippen LogP contribution in [0.4, 0.5) is 0 Å². The summed E-state index contributed by atoms with van der Waals surface area (Å²) in [5.41, 5.74) is 12.6. The van der Waals surface area contributed by atoms with Crippen molar-refractivity contribution in [3.05, 3.63) is 243 Å². The van der Waals surface area contributed by atoms with Crippen molar-refractivity contribution in [3.8, 4) is 45.5 Å². The van der Waals surface area contributed by atoms with Gasteiger partial charge in [0.1, 0.15) is 5.82 Å². The van der Waals surface area contributed by atoms with E-state index in [1.54, 1.807) is 0 Å². The third-order valence-corrected chi connectivity index (χ3v) is 14.1. The zero-order chi connectivity index (χ0) is 49.3. The Labute approximate surface area is 407 Å². The lowest BCUT2D eigenvalue weighted by Gasteiger charge is -2.20. The molecule has 0 aliphatic heterocycles. The molecule has 10 aromatic carbocycles. The Bertz CT molecular complexity index is 4740. The highest BCUT2D eigenvalue weighted by Crippen LogP contribution is 2.46. The number of para-hydroxylation sites is 8. The fourth-order valence-electron chi connectivity index (χ4n) is 11.3. The minimum Gasteiger partial charge on any atom is -0.309 e. The van der Waals surface area contributed by atoms with Gasteiger partial charge in [0.05, 0.1) is 61.0 Å². The van der Waals surface area contributed by atoms with E-state index >= 15 is 0 Å². The predicted molar refractivity (Wildman–Crippen MR) is 290 cm³/mol. The molecule has 5 heterocycles. The van der Waals surface area contributed by atoms with Crippen molar-refractivity contribution in [1.29, 1.82) is 0 Å². The van der Waals surface area contributed by atoms with Crippen LogP contribution >= 0.6 is 0 Å². The number of hydrogen-bond donors (Lipinski definition) is 0. The number of benzene rings is 10. The zero-order valence-electron chi connectivity index (χ0n) is 41.5. The predicted octanol–water partition coefficient (Wildman–Crippen LogP) is 16.2. The second-order valence-electron chi connectivity index (χ2n) is 17.8. The van der Waals surface area contributed by atoms with Crippen LogP contribution in [-0.4, -0.2) is 28.2 Å². The SMILES string of the molecule is [2H]c1c([2H])c([2H])c2c(c1[2H])c1ccccc1n2-c1nc(-c2c(-c3cccc4c3c3ccccc3n4-c3ccccc3)cccc2-n2c3ccccc3c3ccccc32)cc(-n2c3ccccc3c3ccccc32)n1. The van der Waals surface area contributed by atoms with E-state index in [1.807, 2.05) is 47.0 Å². The summed E-state index contributed by atoms with van der Waals surface area (Å²) < 4.78 is 45.4. The van der Waals surface area contributed by atoms with Gasteiger partial charge >= 0.3 is 0 Å². The summed E-state index contributed by atoms with van der Waals surface area (Å²) in [4.78, 5) is 11.3. The van der Waals surface area contributed by atoms with Gasteiger partial charge in [0, 0.05) is 60.4 Å². The highest BCUT2D eigenvalue weighted by molar-refractivity contribution is 6.18. The maximum Gasteiger partial charge on any atom is 0.237 e. The van der Waals surface area contributed by atoms with Crippen LogP contribution in [0, 0.1) is 0 Å². The summed E-state index contributed by atoms with van der Waals surface area (Å²) in [6, 6.07) is 74.9. The summed E-state index contributed by atoms with van der Waals surface area (Å²) in [5, 5.41) is 7.70. The molecule has 6 heteroatoms. The van der Waals surface area contributed by atoms with Crippen LogP contribution in [0.25, 0.3) is 133 Å². The molecule has 0 N–H and O–H groups in total. The van der Waals surface area contributed by atoms with Crippen LogP contribution in [0.3, 0.4) is 0 Å². The molecule has 0 saturated carbocycles. The first-order valence-corrected chi connectivity index (χ1v) is 23.5. The Morgan fingerprint density at radius 3 is 1.43 bits per heavy atom. The lowest BCUT2D eigenvalue weighted by Crippen LogP contribution is -2.09. The summed E-state index contributed by atoms with van der Waals surface area (Å²) in [7, 11) is 0. The molecule has 0 aliphatic rings. The topological polar surface area (TPSA) is 45.5 Å². The Kier molecular flexibility index (Phi) is 7.44. The molecule has 0 bridgehead atoms. The molecule has 0 spiro atoms. The maximum absolute atomic E-state index is 9.53. The molecule has 0 amide bonds. The van der Waals surface area contributed by atoms with E-state index in [9.17, 15) is 2.74 Å². The van der Waals surface area contributed by atoms with Gasteiger partial charge < -0.3 is 9.13 Å². The maximum atomic E-state index is 9.53. The largest absolute Gasteiger partial charge is 0.309 e. The normalized spacial score (nSPS) is 12.8. The third-order valence-electron chi connectivity index (χ3n) is 14.1. The van der Waals surface area contributed by atoms with Gasteiger partial charge in [-0.15, -0.1) is 0 Å². The number of aromatic nitrogens is 6. The van der Waals surface area contributed by atoms with Gasteiger partial charge in [-0.1, -0.05) is 170 Å². The van der Waals surface area contributed by atoms with Gasteiger partial charge in [-0.25, -0.2) is 4.98 Å². The fourth-order valence-corrected chi connectivity index (χ4v) is 11.3. The van der Waals surface area contributed by atoms with E-state index in [-0.39, 0.29) is 30.1 Å². The van der Waals surface area contributed by atoms with E-state index in [4.69, 9.17) is 12.7 Å². The number of rotatable bonds is 6. The Balaban J connectivity index is 1.14. The van der Waals surface area contributed by atoms with Gasteiger partial charge in [-0.3, -0.25) is 9.13 Å². The zero-order valence-corrected chi connectivity index (χ0v) is 37.5. The van der Waals surface area contributed by atoms with Gasteiger partial charge in [0.15, 0.2) is 0 Å². The van der Waals surface area contributed by atoms with E-state index in [2.05, 4.69) is 190 Å². The minimum absolute atomic E-state index is 0.114. The molecule has 0 unspecified atom stereocenters. The average Bonchev–Trinajstić information content (AvgIpc) is 4.23. The molecule has 15 aromatic rings. The highest BCUT2D eigenvalue weighted by Gasteiger charge is 2.26. The molecule has 0 aliphatic carbocycles. The monoisotopic (exact) mass is 896 g/mol. The summed E-state index contributed by atoms with van der Waals surface area (Å²) in [5.74, 6) is 0.855. The van der Waals surface area contributed by atoms with Crippen molar-refractivity contribution >= 4 is 87.2 Å². The van der Waals surface area contributed by atoms with Gasteiger partial charge in [0.2, 0.25) is 5.95 Å². The third kappa shape index (κ3) is 5.50. The molecule has 6 nitrogen and oxygen atoms in total. The van der Waals surface area contributed by atoms with Crippen LogP contribution in [0.2, 0.25) is 0 Å². The summed E-state index contributed by atoms with van der Waals surface area (Å²) >= 11 is 0. The fraction of sp³-hybridized carbons (Fsp3) is 0. The summed E-state index contributed by atoms with van der Waals surface area (Å²) in [6.45, 7) is 0. The minimum atomic E-state index is -0.327. The number of fused-ring (bicyclic) bond motifs is 12. The average molecular weight is 897 g/mol. The van der Waals surface area contributed by atoms with Gasteiger partial charge in [-0.2, -0.15) is 4.98 Å². The van der Waals surface area contributed by atoms with Crippen molar-refractivity contribution in [2.75, 3.05) is 0 Å². The van der Waals surface area contributed by atoms with Crippen molar-refractivity contribution < 1.29 is 5.48 Å². The Hall–Kier alpha value is -9.52. The first kappa shape index (κ1) is 34.7. The van der Waals surface area contributed by atoms with Crippen molar-refractivity contribution in [3.63, 3.8) is 0 Å². The molecule has 15 rings (SSSR count). The van der Waals surface area contributed by atoms with E-state index in [0.717, 1.165) is 93.5 Å². The van der Waals surface area contributed by atoms with Crippen LogP contribution < -0.4 is 0 Å². The van der Waals surface area contributed by atoms with Crippen molar-refractivity contribution in [2.24, 2.45) is 0 Å². The molecule has 0 fully saturated rings. The van der Waals surface area contributed by atoms with E-state index < -0.39 is 0 Å². The number of hydrogen-bond acceptors (Lipinski definition) is 2. The van der Waals surface area contributed by atoms with Crippen molar-refractivity contribution in [2.45, 2.75) is 0 Å². The second kappa shape index (κ2) is 15.0. The van der Waals surface area contributed by atoms with Gasteiger partial charge in [-0.05, 0) is 77.8 Å². The lowest BCUT2D eigenvalue weighted by atomic mass is 9.92. The highest BCUT2D eigenvalue weighted by atomic mass is 15.2. The Morgan fingerprint density at radius 1 is 0.329 bits per heavy atom. The van der Waals surface area contributed by atoms with Crippen LogP contribution in [0.5, 0.6) is 0 Å². The molecule has 70 heavy (non-hydrogen) atoms. The quantitative estimate of drug-likeness (QED) is 0.167. The lowest BCUT2D eigenvalue weighted by molar-refractivity contribution is 0.951. The number of nitrogens with zero attached hydrogens (tertiary/aromatic N) is 6. The molecular weight excluding hydrogens is 853 g/mol. The Morgan fingerprint density at radius 2 is 0.800 bits per heavy atom. The van der Waals surface area contributed by atoms with Crippen molar-refractivity contribution in [1.82, 2.24) is 28.2 Å². The smallest absolute Gasteiger partial charge is 0.237 e.